The molecule has 12 nitrogen and oxygen atoms in total. The summed E-state index contributed by atoms with van der Waals surface area (Å²) in [5.41, 5.74) is 2.38. The Bertz CT molecular complexity index is 1370. The number of benzene rings is 1. The van der Waals surface area contributed by atoms with Crippen LogP contribution in [0.25, 0.3) is 6.08 Å². The van der Waals surface area contributed by atoms with Crippen LogP contribution in [0.15, 0.2) is 18.2 Å². The Morgan fingerprint density at radius 3 is 2.39 bits per heavy atom. The third-order valence-corrected chi connectivity index (χ3v) is 8.66. The maximum Gasteiger partial charge on any atom is 0.330 e. The van der Waals surface area contributed by atoms with Crippen LogP contribution in [-0.2, 0) is 28.7 Å². The number of nitrogens with zero attached hydrogens (tertiary/aromatic N) is 1. The minimum Gasteiger partial charge on any atom is -0.507 e. The highest BCUT2D eigenvalue weighted by Gasteiger charge is 2.72. The molecule has 8 unspecified atom stereocenters. The van der Waals surface area contributed by atoms with E-state index in [1.807, 2.05) is 6.92 Å². The van der Waals surface area contributed by atoms with Crippen molar-refractivity contribution < 1.29 is 48.8 Å². The molecule has 0 bridgehead atoms. The van der Waals surface area contributed by atoms with Crippen LogP contribution in [0.2, 0.25) is 0 Å². The molecule has 1 amide bonds. The third kappa shape index (κ3) is 4.50. The van der Waals surface area contributed by atoms with E-state index in [2.05, 4.69) is 0 Å². The van der Waals surface area contributed by atoms with E-state index in [0.29, 0.717) is 12.0 Å². The molecule has 0 aromatic heterocycles. The van der Waals surface area contributed by atoms with Crippen molar-refractivity contribution in [2.24, 2.45) is 29.4 Å². The zero-order chi connectivity index (χ0) is 30.5. The summed E-state index contributed by atoms with van der Waals surface area (Å²) in [5, 5.41) is 34.3. The number of carbonyl (C=O) groups is 6. The lowest BCUT2D eigenvalue weighted by Gasteiger charge is -2.56. The molecule has 12 heteroatoms. The minimum absolute atomic E-state index is 0.0800. The fourth-order valence-electron chi connectivity index (χ4n) is 6.66. The number of ether oxygens (including phenoxy) is 1. The van der Waals surface area contributed by atoms with Crippen LogP contribution in [0.4, 0.5) is 0 Å². The number of Topliss-reactive ketones (excluding diaryl/α,β-unsaturated/α-hetero) is 4. The van der Waals surface area contributed by atoms with Crippen LogP contribution in [0.3, 0.4) is 0 Å². The molecule has 8 atom stereocenters. The van der Waals surface area contributed by atoms with Crippen molar-refractivity contribution in [2.75, 3.05) is 20.7 Å². The van der Waals surface area contributed by atoms with Crippen molar-refractivity contribution in [1.29, 1.82) is 0 Å². The third-order valence-electron chi connectivity index (χ3n) is 8.66. The molecular weight excluding hydrogens is 536 g/mol. The number of rotatable bonds is 7. The molecular formula is C29H34N2O10. The number of phenols is 1. The number of nitrogens with two attached hydrogens (primary N) is 1. The van der Waals surface area contributed by atoms with Gasteiger partial charge in [0.05, 0.1) is 36.2 Å². The Balaban J connectivity index is 1.81. The number of ketones is 4. The molecule has 0 aliphatic heterocycles. The number of aromatic hydroxyl groups is 1. The first-order chi connectivity index (χ1) is 19.2. The molecule has 1 aromatic carbocycles. The summed E-state index contributed by atoms with van der Waals surface area (Å²) >= 11 is 0. The summed E-state index contributed by atoms with van der Waals surface area (Å²) in [5.74, 6) is -14.7. The molecule has 0 heterocycles. The number of aliphatic hydroxyl groups is 2. The molecule has 2 fully saturated rings. The van der Waals surface area contributed by atoms with Gasteiger partial charge in [-0.05, 0) is 38.1 Å². The number of phenolic OH excluding ortho intramolecular Hbond substituents is 1. The van der Waals surface area contributed by atoms with Gasteiger partial charge in [-0.2, -0.15) is 0 Å². The molecule has 1 aromatic rings. The smallest absolute Gasteiger partial charge is 0.330 e. The van der Waals surface area contributed by atoms with Crippen LogP contribution in [0.1, 0.15) is 54.1 Å². The Hall–Kier alpha value is -3.74. The predicted octanol–water partition coefficient (Wildman–Crippen LogP) is -0.245. The summed E-state index contributed by atoms with van der Waals surface area (Å²) in [4.78, 5) is 79.8. The van der Waals surface area contributed by atoms with E-state index in [-0.39, 0.29) is 17.7 Å². The number of hydrogen-bond donors (Lipinski definition) is 4. The van der Waals surface area contributed by atoms with Gasteiger partial charge >= 0.3 is 5.97 Å². The first-order valence-corrected chi connectivity index (χ1v) is 13.4. The van der Waals surface area contributed by atoms with Gasteiger partial charge in [-0.15, -0.1) is 0 Å². The molecule has 0 saturated heterocycles. The lowest BCUT2D eigenvalue weighted by molar-refractivity contribution is -0.196. The Morgan fingerprint density at radius 1 is 1.15 bits per heavy atom. The number of likely N-dealkylation sites (N-methyl/N-ethyl adjacent to an activating group) is 1. The Kier molecular flexibility index (Phi) is 8.05. The van der Waals surface area contributed by atoms with Gasteiger partial charge in [0.25, 0.3) is 0 Å². The molecule has 2 saturated carbocycles. The van der Waals surface area contributed by atoms with E-state index in [1.165, 1.54) is 37.2 Å². The first kappa shape index (κ1) is 30.2. The first-order valence-electron chi connectivity index (χ1n) is 13.4. The maximum absolute atomic E-state index is 14.0. The number of carbonyl (C=O) groups excluding carboxylic acids is 6. The molecule has 5 N–H and O–H groups in total. The topological polar surface area (TPSA) is 202 Å². The predicted molar refractivity (Wildman–Crippen MR) is 142 cm³/mol. The van der Waals surface area contributed by atoms with Gasteiger partial charge in [0.1, 0.15) is 5.75 Å². The van der Waals surface area contributed by atoms with Crippen molar-refractivity contribution in [3.8, 4) is 5.75 Å². The number of hydrogen-bond acceptors (Lipinski definition) is 11. The highest BCUT2D eigenvalue weighted by molar-refractivity contribution is 6.32. The minimum atomic E-state index is -3.06. The molecule has 0 spiro atoms. The van der Waals surface area contributed by atoms with E-state index < -0.39 is 88.1 Å². The zero-order valence-corrected chi connectivity index (χ0v) is 23.2. The SMILES string of the molecule is CCCCOC(=O)/C=C/c1ccc2c(c1O)C(=O)C1C(=O)C3(O)C(=O)C(C(N)=O)C(=O)C(N(C)C)C3C(O)C1C2C. The van der Waals surface area contributed by atoms with Crippen molar-refractivity contribution in [3.63, 3.8) is 0 Å². The average Bonchev–Trinajstić information content (AvgIpc) is 2.90. The van der Waals surface area contributed by atoms with Crippen LogP contribution >= 0.6 is 0 Å². The monoisotopic (exact) mass is 570 g/mol. The number of unbranched alkanes of at least 4 members (excludes halogenated alkanes) is 1. The lowest BCUT2D eigenvalue weighted by Crippen LogP contribution is -2.77. The number of fused-ring (bicyclic) bond motifs is 3. The van der Waals surface area contributed by atoms with Gasteiger partial charge in [-0.25, -0.2) is 4.79 Å². The lowest BCUT2D eigenvalue weighted by atomic mass is 9.49. The molecule has 0 radical (unpaired) electrons. The second-order valence-electron chi connectivity index (χ2n) is 11.2. The molecule has 4 rings (SSSR count). The van der Waals surface area contributed by atoms with E-state index in [9.17, 15) is 44.1 Å². The van der Waals surface area contributed by atoms with Crippen LogP contribution in [0.5, 0.6) is 5.75 Å². The van der Waals surface area contributed by atoms with Crippen LogP contribution in [0, 0.1) is 23.7 Å². The van der Waals surface area contributed by atoms with Gasteiger partial charge < -0.3 is 25.8 Å². The molecule has 3 aliphatic carbocycles. The van der Waals surface area contributed by atoms with E-state index in [1.54, 1.807) is 6.92 Å². The highest BCUT2D eigenvalue weighted by Crippen LogP contribution is 2.54. The zero-order valence-electron chi connectivity index (χ0n) is 23.2. The summed E-state index contributed by atoms with van der Waals surface area (Å²) in [6.45, 7) is 3.78. The maximum atomic E-state index is 14.0. The largest absolute Gasteiger partial charge is 0.507 e. The van der Waals surface area contributed by atoms with Gasteiger partial charge in [0.15, 0.2) is 34.7 Å². The summed E-state index contributed by atoms with van der Waals surface area (Å²) in [7, 11) is 2.86. The van der Waals surface area contributed by atoms with E-state index >= 15 is 0 Å². The fraction of sp³-hybridized carbons (Fsp3) is 0.517. The van der Waals surface area contributed by atoms with Crippen molar-refractivity contribution in [2.45, 2.75) is 50.4 Å². The van der Waals surface area contributed by atoms with Gasteiger partial charge in [-0.3, -0.25) is 28.9 Å². The summed E-state index contributed by atoms with van der Waals surface area (Å²) in [6.07, 6.45) is 2.14. The van der Waals surface area contributed by atoms with Gasteiger partial charge in [0.2, 0.25) is 5.91 Å². The summed E-state index contributed by atoms with van der Waals surface area (Å²) in [6, 6.07) is 1.56. The highest BCUT2D eigenvalue weighted by atomic mass is 16.5. The molecule has 3 aliphatic rings. The number of primary amides is 1. The van der Waals surface area contributed by atoms with E-state index in [0.717, 1.165) is 12.5 Å². The Labute approximate surface area is 236 Å². The second kappa shape index (κ2) is 10.9. The van der Waals surface area contributed by atoms with E-state index in [4.69, 9.17) is 10.5 Å². The number of aliphatic hydroxyl groups excluding tert-OH is 1. The normalized spacial score (nSPS) is 33.0. The van der Waals surface area contributed by atoms with Crippen molar-refractivity contribution >= 4 is 41.1 Å². The van der Waals surface area contributed by atoms with Crippen LogP contribution in [-0.4, -0.2) is 93.7 Å². The molecule has 220 valence electrons. The quantitative estimate of drug-likeness (QED) is 0.146. The average molecular weight is 571 g/mol. The standard InChI is InChI=1S/C29H34N2O10/c1-5-6-11-41-15(32)10-8-13-7-9-14-12(2)16-18(23(34)17(14)22(13)33)26(37)29(40)20(24(16)35)21(31(3)4)25(36)19(27(29)38)28(30)39/h7-10,12,16,18-21,24,33,35,40H,5-6,11H2,1-4H3,(H2,30,39)/b10-8+. The van der Waals surface area contributed by atoms with Crippen LogP contribution < -0.4 is 5.73 Å². The molecule has 41 heavy (non-hydrogen) atoms. The van der Waals surface area contributed by atoms with Crippen molar-refractivity contribution in [3.05, 3.63) is 34.9 Å². The van der Waals surface area contributed by atoms with Crippen molar-refractivity contribution in [1.82, 2.24) is 4.90 Å². The fourth-order valence-corrected chi connectivity index (χ4v) is 6.66. The second-order valence-corrected chi connectivity index (χ2v) is 11.2. The number of amides is 1. The summed E-state index contributed by atoms with van der Waals surface area (Å²) < 4.78 is 5.05. The number of esters is 1. The Morgan fingerprint density at radius 2 is 1.80 bits per heavy atom. The van der Waals surface area contributed by atoms with Gasteiger partial charge in [0, 0.05) is 17.6 Å². The van der Waals surface area contributed by atoms with Gasteiger partial charge in [-0.1, -0.05) is 32.4 Å².